The van der Waals surface area contributed by atoms with E-state index in [1.807, 2.05) is 0 Å². The number of benzene rings is 8. The van der Waals surface area contributed by atoms with Gasteiger partial charge in [-0.25, -0.2) is 0 Å². The SMILES string of the molecule is Cc1ccc(N2c3ccccc3N(c3ccccc3)c3cc(-c4ccc5c(c4)N(c4ccccc4)c4ccccc4N5c4ccccc4)ccc32)cc1. The fourth-order valence-electron chi connectivity index (χ4n) is 7.88. The molecule has 0 aliphatic carbocycles. The molecular formula is C49H36N4. The minimum absolute atomic E-state index is 1.12. The normalized spacial score (nSPS) is 12.8. The molecule has 8 aromatic rings. The highest BCUT2D eigenvalue weighted by atomic mass is 15.3. The zero-order valence-electron chi connectivity index (χ0n) is 29.3. The molecule has 0 unspecified atom stereocenters. The van der Waals surface area contributed by atoms with Crippen molar-refractivity contribution in [1.82, 2.24) is 0 Å². The lowest BCUT2D eigenvalue weighted by molar-refractivity contribution is 1.16. The summed E-state index contributed by atoms with van der Waals surface area (Å²) in [6.45, 7) is 2.14. The van der Waals surface area contributed by atoms with Crippen LogP contribution in [0.3, 0.4) is 0 Å². The summed E-state index contributed by atoms with van der Waals surface area (Å²) < 4.78 is 0. The number of anilines is 12. The molecule has 4 nitrogen and oxygen atoms in total. The Hall–Kier alpha value is -7.04. The Morgan fingerprint density at radius 2 is 0.528 bits per heavy atom. The summed E-state index contributed by atoms with van der Waals surface area (Å²) in [5.74, 6) is 0. The van der Waals surface area contributed by atoms with Crippen molar-refractivity contribution in [3.05, 3.63) is 206 Å². The van der Waals surface area contributed by atoms with Crippen LogP contribution in [0.5, 0.6) is 0 Å². The van der Waals surface area contributed by atoms with Gasteiger partial charge in [0.2, 0.25) is 0 Å². The Morgan fingerprint density at radius 1 is 0.245 bits per heavy atom. The third-order valence-corrected chi connectivity index (χ3v) is 10.3. The van der Waals surface area contributed by atoms with E-state index in [9.17, 15) is 0 Å². The van der Waals surface area contributed by atoms with Crippen molar-refractivity contribution in [2.24, 2.45) is 0 Å². The van der Waals surface area contributed by atoms with E-state index in [2.05, 4.69) is 227 Å². The number of nitrogens with zero attached hydrogens (tertiary/aromatic N) is 4. The topological polar surface area (TPSA) is 13.0 Å². The lowest BCUT2D eigenvalue weighted by Gasteiger charge is -2.41. The standard InChI is InChI=1S/C49H36N4/c1-35-25-29-41(30-26-35)51-43-22-12-14-24-45(43)53(40-19-9-4-10-20-40)49-34-37(28-32-47(49)51)36-27-31-46-48(33-36)52(39-17-7-3-8-18-39)44-23-13-11-21-42(44)50(46)38-15-5-2-6-16-38/h2-34H,1H3. The van der Waals surface area contributed by atoms with Crippen molar-refractivity contribution in [2.45, 2.75) is 6.92 Å². The number of hydrogen-bond acceptors (Lipinski definition) is 4. The van der Waals surface area contributed by atoms with Gasteiger partial charge in [-0.15, -0.1) is 0 Å². The van der Waals surface area contributed by atoms with Gasteiger partial charge in [0.15, 0.2) is 0 Å². The molecule has 0 spiro atoms. The maximum Gasteiger partial charge on any atom is 0.0709 e. The third-order valence-electron chi connectivity index (χ3n) is 10.3. The first-order valence-corrected chi connectivity index (χ1v) is 18.1. The molecule has 0 saturated carbocycles. The first kappa shape index (κ1) is 30.8. The first-order valence-electron chi connectivity index (χ1n) is 18.1. The molecule has 0 amide bonds. The van der Waals surface area contributed by atoms with Crippen LogP contribution in [0, 0.1) is 6.92 Å². The van der Waals surface area contributed by atoms with Gasteiger partial charge in [-0.05, 0) is 115 Å². The lowest BCUT2D eigenvalue weighted by atomic mass is 9.97. The zero-order valence-corrected chi connectivity index (χ0v) is 29.3. The Morgan fingerprint density at radius 3 is 0.887 bits per heavy atom. The van der Waals surface area contributed by atoms with Gasteiger partial charge in [0.1, 0.15) is 0 Å². The van der Waals surface area contributed by atoms with Crippen LogP contribution in [0.1, 0.15) is 5.56 Å². The fourth-order valence-corrected chi connectivity index (χ4v) is 7.88. The molecule has 8 aromatic carbocycles. The van der Waals surface area contributed by atoms with Gasteiger partial charge in [-0.1, -0.05) is 109 Å². The highest BCUT2D eigenvalue weighted by molar-refractivity contribution is 6.05. The second-order valence-electron chi connectivity index (χ2n) is 13.6. The fraction of sp³-hybridized carbons (Fsp3) is 0.0204. The van der Waals surface area contributed by atoms with E-state index in [1.165, 1.54) is 5.56 Å². The molecule has 2 aliphatic heterocycles. The Balaban J connectivity index is 1.18. The summed E-state index contributed by atoms with van der Waals surface area (Å²) in [7, 11) is 0. The molecule has 2 heterocycles. The number of rotatable bonds is 5. The molecular weight excluding hydrogens is 645 g/mol. The molecule has 10 rings (SSSR count). The average Bonchev–Trinajstić information content (AvgIpc) is 3.23. The molecule has 252 valence electrons. The van der Waals surface area contributed by atoms with E-state index < -0.39 is 0 Å². The number of hydrogen-bond donors (Lipinski definition) is 0. The molecule has 0 fully saturated rings. The van der Waals surface area contributed by atoms with E-state index in [0.29, 0.717) is 0 Å². The van der Waals surface area contributed by atoms with Crippen LogP contribution in [0.2, 0.25) is 0 Å². The van der Waals surface area contributed by atoms with Crippen molar-refractivity contribution in [3.63, 3.8) is 0 Å². The van der Waals surface area contributed by atoms with Crippen LogP contribution in [0.25, 0.3) is 11.1 Å². The van der Waals surface area contributed by atoms with Crippen molar-refractivity contribution in [2.75, 3.05) is 19.6 Å². The zero-order chi connectivity index (χ0) is 35.3. The molecule has 0 saturated heterocycles. The molecule has 2 aliphatic rings. The minimum Gasteiger partial charge on any atom is -0.306 e. The quantitative estimate of drug-likeness (QED) is 0.179. The van der Waals surface area contributed by atoms with E-state index in [-0.39, 0.29) is 0 Å². The van der Waals surface area contributed by atoms with Crippen LogP contribution in [0.15, 0.2) is 200 Å². The van der Waals surface area contributed by atoms with Crippen LogP contribution in [-0.4, -0.2) is 0 Å². The van der Waals surface area contributed by atoms with Crippen molar-refractivity contribution in [3.8, 4) is 11.1 Å². The van der Waals surface area contributed by atoms with E-state index in [4.69, 9.17) is 0 Å². The molecule has 0 atom stereocenters. The van der Waals surface area contributed by atoms with E-state index in [0.717, 1.165) is 79.4 Å². The van der Waals surface area contributed by atoms with Crippen LogP contribution >= 0.6 is 0 Å². The van der Waals surface area contributed by atoms with Gasteiger partial charge in [0, 0.05) is 22.7 Å². The summed E-state index contributed by atoms with van der Waals surface area (Å²) in [5, 5.41) is 0. The van der Waals surface area contributed by atoms with E-state index >= 15 is 0 Å². The summed E-state index contributed by atoms with van der Waals surface area (Å²) >= 11 is 0. The molecule has 0 radical (unpaired) electrons. The second-order valence-corrected chi connectivity index (χ2v) is 13.6. The maximum absolute atomic E-state index is 2.40. The highest BCUT2D eigenvalue weighted by Gasteiger charge is 2.33. The first-order chi connectivity index (χ1) is 26.2. The van der Waals surface area contributed by atoms with Crippen molar-refractivity contribution in [1.29, 1.82) is 0 Å². The monoisotopic (exact) mass is 680 g/mol. The van der Waals surface area contributed by atoms with Gasteiger partial charge < -0.3 is 19.6 Å². The van der Waals surface area contributed by atoms with Gasteiger partial charge in [0.05, 0.1) is 45.5 Å². The predicted molar refractivity (Wildman–Crippen MR) is 222 cm³/mol. The number of para-hydroxylation sites is 7. The molecule has 0 bridgehead atoms. The second kappa shape index (κ2) is 12.6. The lowest BCUT2D eigenvalue weighted by Crippen LogP contribution is -2.24. The number of aryl methyl sites for hydroxylation is 1. The largest absolute Gasteiger partial charge is 0.306 e. The van der Waals surface area contributed by atoms with Gasteiger partial charge in [0.25, 0.3) is 0 Å². The molecule has 4 heteroatoms. The van der Waals surface area contributed by atoms with Gasteiger partial charge in [-0.2, -0.15) is 0 Å². The number of fused-ring (bicyclic) bond motifs is 4. The van der Waals surface area contributed by atoms with E-state index in [1.54, 1.807) is 0 Å². The van der Waals surface area contributed by atoms with Crippen LogP contribution in [0.4, 0.5) is 68.2 Å². The molecule has 0 N–H and O–H groups in total. The molecule has 53 heavy (non-hydrogen) atoms. The Labute approximate surface area is 310 Å². The van der Waals surface area contributed by atoms with Gasteiger partial charge in [-0.3, -0.25) is 0 Å². The average molecular weight is 681 g/mol. The summed E-state index contributed by atoms with van der Waals surface area (Å²) in [6.07, 6.45) is 0. The smallest absolute Gasteiger partial charge is 0.0709 e. The Kier molecular flexibility index (Phi) is 7.33. The molecule has 0 aromatic heterocycles. The van der Waals surface area contributed by atoms with Crippen molar-refractivity contribution < 1.29 is 0 Å². The summed E-state index contributed by atoms with van der Waals surface area (Å²) in [6, 6.07) is 72.2. The van der Waals surface area contributed by atoms with Crippen molar-refractivity contribution >= 4 is 68.2 Å². The predicted octanol–water partition coefficient (Wildman–Crippen LogP) is 14.2. The van der Waals surface area contributed by atoms with Crippen LogP contribution in [-0.2, 0) is 0 Å². The highest BCUT2D eigenvalue weighted by Crippen LogP contribution is 2.57. The third kappa shape index (κ3) is 5.15. The Bertz CT molecular complexity index is 2580. The van der Waals surface area contributed by atoms with Gasteiger partial charge >= 0.3 is 0 Å². The van der Waals surface area contributed by atoms with Crippen LogP contribution < -0.4 is 19.6 Å². The summed E-state index contributed by atoms with van der Waals surface area (Å²) in [4.78, 5) is 9.58. The summed E-state index contributed by atoms with van der Waals surface area (Å²) in [5.41, 5.74) is 17.1. The maximum atomic E-state index is 2.40. The minimum atomic E-state index is 1.12.